The van der Waals surface area contributed by atoms with Crippen LogP contribution >= 0.6 is 10.0 Å². The number of carbonyl (C=O) groups is 3. The van der Waals surface area contributed by atoms with Gasteiger partial charge >= 0.3 is 0 Å². The third-order valence-electron chi connectivity index (χ3n) is 6.62. The zero-order valence-electron chi connectivity index (χ0n) is 20.6. The number of nitriles is 1. The van der Waals surface area contributed by atoms with E-state index in [1.54, 1.807) is 13.2 Å². The Labute approximate surface area is 206 Å². The number of ether oxygens (including phenoxy) is 1. The van der Waals surface area contributed by atoms with Gasteiger partial charge in [0.05, 0.1) is 13.2 Å². The van der Waals surface area contributed by atoms with Crippen molar-refractivity contribution >= 4 is 38.7 Å². The molecule has 1 aliphatic carbocycles. The van der Waals surface area contributed by atoms with Crippen LogP contribution < -0.4 is 20.7 Å². The van der Waals surface area contributed by atoms with Crippen LogP contribution in [0.15, 0.2) is 24.3 Å². The lowest BCUT2D eigenvalue weighted by molar-refractivity contribution is -0.125. The van der Waals surface area contributed by atoms with E-state index in [1.165, 1.54) is 0 Å². The third-order valence-corrected chi connectivity index (χ3v) is 7.95. The molecule has 2 aliphatic rings. The van der Waals surface area contributed by atoms with Crippen molar-refractivity contribution in [3.05, 3.63) is 30.0 Å². The maximum absolute atomic E-state index is 13.2. The second kappa shape index (κ2) is 9.46. The molecule has 2 heterocycles. The second-order valence-electron chi connectivity index (χ2n) is 10.5. The van der Waals surface area contributed by atoms with Gasteiger partial charge in [-0.25, -0.2) is 10.0 Å². The lowest BCUT2D eigenvalue weighted by Crippen LogP contribution is -2.52. The molecule has 1 aromatic heterocycles. The fraction of sp³-hybridized carbons (Fsp3) is 0.520. The number of hydrogen-bond donors (Lipinski definition) is 4. The fourth-order valence-electron chi connectivity index (χ4n) is 4.70. The number of nitrogens with zero attached hydrogens (tertiary/aromatic N) is 1. The minimum Gasteiger partial charge on any atom is -0.496 e. The van der Waals surface area contributed by atoms with E-state index in [9.17, 15) is 19.6 Å². The van der Waals surface area contributed by atoms with Crippen molar-refractivity contribution in [2.75, 3.05) is 31.6 Å². The van der Waals surface area contributed by atoms with Gasteiger partial charge in [0.2, 0.25) is 11.8 Å². The molecule has 1 aliphatic heterocycles. The molecular formula is C25H33N5O4S. The van der Waals surface area contributed by atoms with E-state index in [-0.39, 0.29) is 23.8 Å². The third kappa shape index (κ3) is 5.73. The highest BCUT2D eigenvalue weighted by molar-refractivity contribution is 8.32. The van der Waals surface area contributed by atoms with Crippen LogP contribution in [0.1, 0.15) is 36.2 Å². The quantitative estimate of drug-likeness (QED) is 0.419. The highest BCUT2D eigenvalue weighted by Gasteiger charge is 2.52. The summed E-state index contributed by atoms with van der Waals surface area (Å²) in [7, 11) is 0.404. The Hall–Kier alpha value is -3.19. The largest absolute Gasteiger partial charge is 0.496 e. The van der Waals surface area contributed by atoms with E-state index < -0.39 is 33.9 Å². The predicted octanol–water partition coefficient (Wildman–Crippen LogP) is 2.04. The minimum absolute atomic E-state index is 0.0461. The van der Waals surface area contributed by atoms with E-state index in [1.807, 2.05) is 18.2 Å². The monoisotopic (exact) mass is 499 g/mol. The molecule has 3 amide bonds. The van der Waals surface area contributed by atoms with Crippen LogP contribution in [0.25, 0.3) is 10.9 Å². The number of carbonyl (C=O) groups excluding carboxylic acids is 3. The number of hydrogen-bond acceptors (Lipinski definition) is 5. The van der Waals surface area contributed by atoms with Crippen LogP contribution in [-0.2, 0) is 9.59 Å². The van der Waals surface area contributed by atoms with Crippen LogP contribution in [0.5, 0.6) is 5.75 Å². The van der Waals surface area contributed by atoms with Crippen LogP contribution in [0.2, 0.25) is 0 Å². The molecule has 35 heavy (non-hydrogen) atoms. The van der Waals surface area contributed by atoms with Crippen molar-refractivity contribution < 1.29 is 19.1 Å². The number of amides is 3. The first-order valence-corrected chi connectivity index (χ1v) is 14.7. The van der Waals surface area contributed by atoms with Crippen molar-refractivity contribution in [1.29, 1.82) is 5.26 Å². The van der Waals surface area contributed by atoms with Gasteiger partial charge in [0, 0.05) is 28.1 Å². The van der Waals surface area contributed by atoms with Gasteiger partial charge in [-0.2, -0.15) is 5.26 Å². The first-order chi connectivity index (χ1) is 16.5. The molecule has 1 saturated carbocycles. The maximum atomic E-state index is 13.2. The zero-order chi connectivity index (χ0) is 25.4. The summed E-state index contributed by atoms with van der Waals surface area (Å²) >= 11 is 0. The molecule has 2 fully saturated rings. The number of aromatic amines is 1. The van der Waals surface area contributed by atoms with Crippen molar-refractivity contribution in [2.45, 2.75) is 43.3 Å². The normalized spacial score (nSPS) is 20.5. The number of methoxy groups -OCH3 is 1. The first-order valence-electron chi connectivity index (χ1n) is 11.7. The molecule has 0 radical (unpaired) electrons. The summed E-state index contributed by atoms with van der Waals surface area (Å²) in [5, 5.41) is 19.1. The predicted molar refractivity (Wildman–Crippen MR) is 137 cm³/mol. The number of benzene rings is 1. The van der Waals surface area contributed by atoms with E-state index >= 15 is 0 Å². The molecule has 1 aromatic carbocycles. The maximum Gasteiger partial charge on any atom is 0.268 e. The number of nitrogens with one attached hydrogen (secondary N) is 4. The summed E-state index contributed by atoms with van der Waals surface area (Å²) in [5.41, 5.74) is 0.991. The summed E-state index contributed by atoms with van der Waals surface area (Å²) in [5.74, 6) is -0.0569. The van der Waals surface area contributed by atoms with Crippen LogP contribution in [0.4, 0.5) is 0 Å². The molecule has 9 nitrogen and oxygen atoms in total. The average Bonchev–Trinajstić information content (AvgIpc) is 3.26. The lowest BCUT2D eigenvalue weighted by Gasteiger charge is -2.31. The molecule has 1 spiro atoms. The van der Waals surface area contributed by atoms with Gasteiger partial charge in [-0.15, -0.1) is 0 Å². The van der Waals surface area contributed by atoms with E-state index in [2.05, 4.69) is 45.8 Å². The zero-order valence-corrected chi connectivity index (χ0v) is 21.4. The fourth-order valence-corrected chi connectivity index (χ4v) is 5.93. The van der Waals surface area contributed by atoms with Gasteiger partial charge in [0.25, 0.3) is 5.91 Å². The molecule has 3 atom stereocenters. The van der Waals surface area contributed by atoms with Gasteiger partial charge < -0.3 is 25.7 Å². The van der Waals surface area contributed by atoms with Crippen LogP contribution in [-0.4, -0.2) is 72.0 Å². The number of fused-ring (bicyclic) bond motifs is 1. The van der Waals surface area contributed by atoms with Gasteiger partial charge in [-0.1, -0.05) is 6.07 Å². The van der Waals surface area contributed by atoms with Gasteiger partial charge in [-0.3, -0.25) is 14.4 Å². The summed E-state index contributed by atoms with van der Waals surface area (Å²) in [4.78, 5) is 41.7. The van der Waals surface area contributed by atoms with Gasteiger partial charge in [-0.05, 0) is 62.6 Å². The van der Waals surface area contributed by atoms with Crippen LogP contribution in [0, 0.1) is 17.2 Å². The van der Waals surface area contributed by atoms with E-state index in [4.69, 9.17) is 4.74 Å². The Morgan fingerprint density at radius 1 is 1.29 bits per heavy atom. The highest BCUT2D eigenvalue weighted by Crippen LogP contribution is 2.46. The summed E-state index contributed by atoms with van der Waals surface area (Å²) in [6.07, 6.45) is 9.10. The second-order valence-corrected chi connectivity index (χ2v) is 15.0. The smallest absolute Gasteiger partial charge is 0.268 e. The molecule has 4 rings (SSSR count). The minimum atomic E-state index is -1.17. The first kappa shape index (κ1) is 24.9. The SMILES string of the molecule is COc1cccc2[nH]c(C(=O)N[C@@H](CS(C)(C)C)C(=O)N[C@H](C#N)C[C@@H]3CC4(CC4)NC3=O)cc12. The summed E-state index contributed by atoms with van der Waals surface area (Å²) in [6.45, 7) is 0. The summed E-state index contributed by atoms with van der Waals surface area (Å²) in [6, 6.07) is 7.70. The molecule has 0 unspecified atom stereocenters. The highest BCUT2D eigenvalue weighted by atomic mass is 32.3. The molecule has 10 heteroatoms. The molecule has 1 saturated heterocycles. The van der Waals surface area contributed by atoms with Gasteiger partial charge in [0.1, 0.15) is 23.5 Å². The van der Waals surface area contributed by atoms with Crippen molar-refractivity contribution in [1.82, 2.24) is 20.9 Å². The summed E-state index contributed by atoms with van der Waals surface area (Å²) < 4.78 is 5.37. The van der Waals surface area contributed by atoms with E-state index in [0.29, 0.717) is 23.6 Å². The molecule has 188 valence electrons. The van der Waals surface area contributed by atoms with Crippen molar-refractivity contribution in [2.24, 2.45) is 5.92 Å². The lowest BCUT2D eigenvalue weighted by atomic mass is 9.96. The van der Waals surface area contributed by atoms with Crippen LogP contribution in [0.3, 0.4) is 0 Å². The van der Waals surface area contributed by atoms with Crippen molar-refractivity contribution in [3.8, 4) is 11.8 Å². The number of aromatic nitrogens is 1. The Morgan fingerprint density at radius 3 is 2.63 bits per heavy atom. The standard InChI is InChI=1S/C25H33N5O4S/c1-34-21-7-5-6-18-17(21)11-19(28-18)23(32)29-20(14-35(2,3)4)24(33)27-16(13-26)10-15-12-25(8-9-25)30-22(15)31/h5-7,11,15-16,20,28H,8-10,12,14H2,1-4H3,(H,27,33)(H,29,32)(H,30,31)/t15-,16+,20+/m1/s1. The topological polar surface area (TPSA) is 136 Å². The Morgan fingerprint density at radius 2 is 2.03 bits per heavy atom. The van der Waals surface area contributed by atoms with E-state index in [0.717, 1.165) is 23.7 Å². The Bertz CT molecular complexity index is 1190. The Kier molecular flexibility index (Phi) is 6.73. The molecular weight excluding hydrogens is 466 g/mol. The van der Waals surface area contributed by atoms with Crippen molar-refractivity contribution in [3.63, 3.8) is 0 Å². The number of rotatable bonds is 9. The number of H-pyrrole nitrogens is 1. The Balaban J connectivity index is 1.46. The molecule has 2 aromatic rings. The average molecular weight is 500 g/mol. The molecule has 4 N–H and O–H groups in total. The molecule has 0 bridgehead atoms. The van der Waals surface area contributed by atoms with Gasteiger partial charge in [0.15, 0.2) is 0 Å².